The summed E-state index contributed by atoms with van der Waals surface area (Å²) in [6.45, 7) is 11.7. The fourth-order valence-electron chi connectivity index (χ4n) is 4.57. The number of anilines is 1. The van der Waals surface area contributed by atoms with Crippen LogP contribution in [0.15, 0.2) is 6.33 Å². The van der Waals surface area contributed by atoms with Crippen molar-refractivity contribution in [3.63, 3.8) is 0 Å². The molecule has 0 spiro atoms. The van der Waals surface area contributed by atoms with E-state index in [0.717, 1.165) is 42.1 Å². The summed E-state index contributed by atoms with van der Waals surface area (Å²) in [6.07, 6.45) is 6.12. The Labute approximate surface area is 170 Å². The van der Waals surface area contributed by atoms with Gasteiger partial charge in [-0.2, -0.15) is 0 Å². The monoisotopic (exact) mass is 396 g/mol. The van der Waals surface area contributed by atoms with Crippen LogP contribution in [0.5, 0.6) is 0 Å². The van der Waals surface area contributed by atoms with Crippen LogP contribution in [0.4, 0.5) is 5.82 Å². The van der Waals surface area contributed by atoms with Crippen molar-refractivity contribution in [3.8, 4) is 0 Å². The maximum Gasteiger partial charge on any atom is 0.150 e. The van der Waals surface area contributed by atoms with Gasteiger partial charge < -0.3 is 9.64 Å². The molecule has 5 nitrogen and oxygen atoms in total. The maximum atomic E-state index is 6.18. The second kappa shape index (κ2) is 6.63. The highest BCUT2D eigenvalue weighted by atomic mass is 32.1. The van der Waals surface area contributed by atoms with Crippen molar-refractivity contribution in [2.45, 2.75) is 65.6 Å². The predicted octanol–water partition coefficient (Wildman–Crippen LogP) is 4.89. The number of hydrogen-bond donors (Lipinski definition) is 0. The van der Waals surface area contributed by atoms with Gasteiger partial charge in [-0.1, -0.05) is 13.8 Å². The van der Waals surface area contributed by atoms with Crippen molar-refractivity contribution < 1.29 is 4.74 Å². The Morgan fingerprint density at radius 1 is 1.18 bits per heavy atom. The Morgan fingerprint density at radius 3 is 2.71 bits per heavy atom. The molecule has 2 aliphatic rings. The van der Waals surface area contributed by atoms with Gasteiger partial charge in [0, 0.05) is 36.2 Å². The van der Waals surface area contributed by atoms with Gasteiger partial charge in [-0.15, -0.1) is 11.3 Å². The van der Waals surface area contributed by atoms with Crippen LogP contribution < -0.4 is 4.90 Å². The third kappa shape index (κ3) is 2.98. The molecular formula is C22H28N4OS. The maximum absolute atomic E-state index is 6.18. The molecule has 2 aliphatic heterocycles. The molecule has 0 N–H and O–H groups in total. The van der Waals surface area contributed by atoms with Gasteiger partial charge in [0.1, 0.15) is 17.0 Å². The summed E-state index contributed by atoms with van der Waals surface area (Å²) in [5.74, 6) is 1.66. The van der Waals surface area contributed by atoms with E-state index in [2.05, 4.69) is 37.6 Å². The van der Waals surface area contributed by atoms with E-state index in [9.17, 15) is 0 Å². The highest BCUT2D eigenvalue weighted by molar-refractivity contribution is 7.26. The van der Waals surface area contributed by atoms with E-state index in [1.165, 1.54) is 39.7 Å². The summed E-state index contributed by atoms with van der Waals surface area (Å²) >= 11 is 1.77. The third-order valence-corrected chi connectivity index (χ3v) is 6.97. The molecule has 1 fully saturated rings. The van der Waals surface area contributed by atoms with E-state index in [1.54, 1.807) is 17.7 Å². The first-order valence-corrected chi connectivity index (χ1v) is 11.2. The number of aromatic nitrogens is 3. The molecule has 3 aromatic heterocycles. The molecule has 1 saturated heterocycles. The van der Waals surface area contributed by atoms with Crippen LogP contribution in [-0.4, -0.2) is 33.6 Å². The number of pyridine rings is 1. The lowest BCUT2D eigenvalue weighted by Gasteiger charge is -2.33. The number of fused-ring (bicyclic) bond motifs is 5. The zero-order valence-corrected chi connectivity index (χ0v) is 18.0. The average Bonchev–Trinajstić information content (AvgIpc) is 3.27. The minimum Gasteiger partial charge on any atom is -0.370 e. The number of thiophene rings is 1. The largest absolute Gasteiger partial charge is 0.370 e. The van der Waals surface area contributed by atoms with Gasteiger partial charge in [-0.05, 0) is 44.6 Å². The molecule has 0 bridgehead atoms. The molecule has 148 valence electrons. The van der Waals surface area contributed by atoms with Crippen LogP contribution in [0.2, 0.25) is 0 Å². The number of hydrogen-bond acceptors (Lipinski definition) is 6. The van der Waals surface area contributed by atoms with E-state index in [0.29, 0.717) is 12.5 Å². The summed E-state index contributed by atoms with van der Waals surface area (Å²) in [4.78, 5) is 18.1. The highest BCUT2D eigenvalue weighted by Gasteiger charge is 2.32. The second-order valence-corrected chi connectivity index (χ2v) is 10.2. The van der Waals surface area contributed by atoms with Gasteiger partial charge in [0.05, 0.1) is 22.4 Å². The Balaban J connectivity index is 1.79. The molecule has 0 aromatic carbocycles. The summed E-state index contributed by atoms with van der Waals surface area (Å²) < 4.78 is 7.37. The molecule has 3 aromatic rings. The molecule has 0 atom stereocenters. The lowest BCUT2D eigenvalue weighted by Crippen LogP contribution is -2.33. The van der Waals surface area contributed by atoms with Gasteiger partial charge in [0.25, 0.3) is 0 Å². The van der Waals surface area contributed by atoms with Gasteiger partial charge in [-0.3, -0.25) is 0 Å². The summed E-state index contributed by atoms with van der Waals surface area (Å²) in [6, 6.07) is 0. The Bertz CT molecular complexity index is 1050. The van der Waals surface area contributed by atoms with Crippen molar-refractivity contribution in [1.29, 1.82) is 0 Å². The molecule has 0 radical (unpaired) electrons. The van der Waals surface area contributed by atoms with E-state index in [-0.39, 0.29) is 5.60 Å². The van der Waals surface area contributed by atoms with Crippen LogP contribution in [0.1, 0.15) is 57.4 Å². The molecular weight excluding hydrogens is 368 g/mol. The first kappa shape index (κ1) is 18.3. The molecule has 5 heterocycles. The zero-order chi connectivity index (χ0) is 19.5. The number of ether oxygens (including phenoxy) is 1. The normalized spacial score (nSPS) is 19.1. The lowest BCUT2D eigenvalue weighted by atomic mass is 9.88. The van der Waals surface area contributed by atoms with Crippen molar-refractivity contribution in [3.05, 3.63) is 23.1 Å². The van der Waals surface area contributed by atoms with Gasteiger partial charge in [0.15, 0.2) is 0 Å². The van der Waals surface area contributed by atoms with Gasteiger partial charge in [-0.25, -0.2) is 15.0 Å². The van der Waals surface area contributed by atoms with E-state index < -0.39 is 0 Å². The quantitative estimate of drug-likeness (QED) is 0.631. The zero-order valence-electron chi connectivity index (χ0n) is 17.2. The number of nitrogens with zero attached hydrogens (tertiary/aromatic N) is 4. The smallest absolute Gasteiger partial charge is 0.150 e. The fraction of sp³-hybridized carbons (Fsp3) is 0.591. The van der Waals surface area contributed by atoms with Crippen molar-refractivity contribution in [1.82, 2.24) is 15.0 Å². The lowest BCUT2D eigenvalue weighted by molar-refractivity contribution is -0.0402. The average molecular weight is 397 g/mol. The summed E-state index contributed by atoms with van der Waals surface area (Å²) in [5, 5.41) is 1.24. The van der Waals surface area contributed by atoms with Crippen molar-refractivity contribution in [2.24, 2.45) is 5.92 Å². The van der Waals surface area contributed by atoms with Crippen LogP contribution in [-0.2, 0) is 24.2 Å². The van der Waals surface area contributed by atoms with Crippen LogP contribution in [0.25, 0.3) is 20.4 Å². The van der Waals surface area contributed by atoms with E-state index in [1.807, 2.05) is 0 Å². The van der Waals surface area contributed by atoms with Gasteiger partial charge in [0.2, 0.25) is 0 Å². The predicted molar refractivity (Wildman–Crippen MR) is 115 cm³/mol. The first-order valence-electron chi connectivity index (χ1n) is 10.4. The van der Waals surface area contributed by atoms with Gasteiger partial charge >= 0.3 is 0 Å². The second-order valence-electron chi connectivity index (χ2n) is 9.19. The SMILES string of the molecule is CC(C)Cc1nc2sc3c(N4CCCC4)ncnc3c2c2c1COC(C)(C)C2. The van der Waals surface area contributed by atoms with Crippen LogP contribution >= 0.6 is 11.3 Å². The minimum atomic E-state index is -0.157. The third-order valence-electron chi connectivity index (χ3n) is 5.90. The fourth-order valence-corrected chi connectivity index (χ4v) is 5.77. The molecule has 0 unspecified atom stereocenters. The topological polar surface area (TPSA) is 51.1 Å². The minimum absolute atomic E-state index is 0.157. The summed E-state index contributed by atoms with van der Waals surface area (Å²) in [5.41, 5.74) is 4.82. The molecule has 0 amide bonds. The standard InChI is InChI=1S/C22H28N4OS/c1-13(2)9-16-15-11-27-22(3,4)10-14(15)17-18-19(28-21(17)25-16)20(24-12-23-18)26-7-5-6-8-26/h12-13H,5-11H2,1-4H3. The van der Waals surface area contributed by atoms with E-state index in [4.69, 9.17) is 14.7 Å². The molecule has 0 aliphatic carbocycles. The first-order chi connectivity index (χ1) is 13.4. The molecule has 0 saturated carbocycles. The van der Waals surface area contributed by atoms with Crippen LogP contribution in [0.3, 0.4) is 0 Å². The highest BCUT2D eigenvalue weighted by Crippen LogP contribution is 2.43. The van der Waals surface area contributed by atoms with Crippen molar-refractivity contribution >= 4 is 37.6 Å². The molecule has 28 heavy (non-hydrogen) atoms. The molecule has 6 heteroatoms. The number of rotatable bonds is 3. The Hall–Kier alpha value is -1.79. The Kier molecular flexibility index (Phi) is 4.32. The molecule has 5 rings (SSSR count). The summed E-state index contributed by atoms with van der Waals surface area (Å²) in [7, 11) is 0. The van der Waals surface area contributed by atoms with E-state index >= 15 is 0 Å². The van der Waals surface area contributed by atoms with Crippen LogP contribution in [0, 0.1) is 5.92 Å². The Morgan fingerprint density at radius 2 is 1.96 bits per heavy atom. The van der Waals surface area contributed by atoms with Crippen molar-refractivity contribution in [2.75, 3.05) is 18.0 Å².